The fraction of sp³-hybridized carbons (Fsp3) is 0.647. The Morgan fingerprint density at radius 2 is 1.86 bits per heavy atom. The maximum Gasteiger partial charge on any atom is 0.229 e. The molecule has 1 aliphatic heterocycles. The van der Waals surface area contributed by atoms with E-state index in [0.29, 0.717) is 13.2 Å². The summed E-state index contributed by atoms with van der Waals surface area (Å²) in [6.45, 7) is 8.21. The molecule has 0 spiro atoms. The van der Waals surface area contributed by atoms with Crippen molar-refractivity contribution >= 4 is 0 Å². The van der Waals surface area contributed by atoms with E-state index in [-0.39, 0.29) is 10.5 Å². The first-order valence-corrected chi connectivity index (χ1v) is 7.96. The smallest absolute Gasteiger partial charge is 0.229 e. The standard InChI is InChI=1S/C17H26N2O3/c1-4-22-17(15-8-6-5-7-9-15)10-12-18(13-11-17)14-16(2,3)19(20)21/h5-9H,4,10-14H2,1-3H3. The summed E-state index contributed by atoms with van der Waals surface area (Å²) >= 11 is 0. The normalized spacial score (nSPS) is 19.0. The van der Waals surface area contributed by atoms with E-state index >= 15 is 0 Å². The number of hydrogen-bond donors (Lipinski definition) is 0. The fourth-order valence-electron chi connectivity index (χ4n) is 3.21. The molecule has 122 valence electrons. The monoisotopic (exact) mass is 306 g/mol. The number of rotatable bonds is 6. The minimum absolute atomic E-state index is 0.186. The number of benzene rings is 1. The highest BCUT2D eigenvalue weighted by molar-refractivity contribution is 5.23. The summed E-state index contributed by atoms with van der Waals surface area (Å²) in [4.78, 5) is 13.1. The molecule has 5 heteroatoms. The van der Waals surface area contributed by atoms with E-state index in [1.54, 1.807) is 13.8 Å². The Balaban J connectivity index is 2.06. The van der Waals surface area contributed by atoms with Crippen LogP contribution in [0.2, 0.25) is 0 Å². The van der Waals surface area contributed by atoms with Crippen molar-refractivity contribution in [3.63, 3.8) is 0 Å². The second kappa shape index (κ2) is 6.75. The van der Waals surface area contributed by atoms with Crippen molar-refractivity contribution in [2.24, 2.45) is 0 Å². The lowest BCUT2D eigenvalue weighted by Crippen LogP contribution is -2.50. The van der Waals surface area contributed by atoms with Crippen LogP contribution in [0, 0.1) is 10.1 Å². The van der Waals surface area contributed by atoms with E-state index in [0.717, 1.165) is 25.9 Å². The molecule has 1 aromatic carbocycles. The van der Waals surface area contributed by atoms with Crippen LogP contribution in [0.15, 0.2) is 30.3 Å². The lowest BCUT2D eigenvalue weighted by atomic mass is 9.83. The Labute approximate surface area is 132 Å². The van der Waals surface area contributed by atoms with Gasteiger partial charge in [-0.05, 0) is 25.3 Å². The van der Waals surface area contributed by atoms with Gasteiger partial charge in [0.1, 0.15) is 0 Å². The third-order valence-corrected chi connectivity index (χ3v) is 4.49. The van der Waals surface area contributed by atoms with E-state index in [9.17, 15) is 10.1 Å². The second-order valence-electron chi connectivity index (χ2n) is 6.64. The maximum absolute atomic E-state index is 11.1. The van der Waals surface area contributed by atoms with Gasteiger partial charge in [-0.25, -0.2) is 0 Å². The number of hydrogen-bond acceptors (Lipinski definition) is 4. The Bertz CT molecular complexity index is 494. The zero-order valence-electron chi connectivity index (χ0n) is 13.7. The van der Waals surface area contributed by atoms with Gasteiger partial charge in [-0.15, -0.1) is 0 Å². The Morgan fingerprint density at radius 3 is 2.36 bits per heavy atom. The van der Waals surface area contributed by atoms with E-state index in [2.05, 4.69) is 17.0 Å². The molecule has 22 heavy (non-hydrogen) atoms. The molecule has 0 saturated carbocycles. The first kappa shape index (κ1) is 16.9. The van der Waals surface area contributed by atoms with Gasteiger partial charge in [0, 0.05) is 38.5 Å². The van der Waals surface area contributed by atoms with Crippen LogP contribution in [0.1, 0.15) is 39.2 Å². The molecule has 0 amide bonds. The highest BCUT2D eigenvalue weighted by atomic mass is 16.6. The van der Waals surface area contributed by atoms with Crippen molar-refractivity contribution < 1.29 is 9.66 Å². The molecule has 0 N–H and O–H groups in total. The van der Waals surface area contributed by atoms with Gasteiger partial charge in [-0.3, -0.25) is 15.0 Å². The number of likely N-dealkylation sites (tertiary alicyclic amines) is 1. The van der Waals surface area contributed by atoms with Gasteiger partial charge >= 0.3 is 0 Å². The molecule has 0 aromatic heterocycles. The number of nitrogens with zero attached hydrogens (tertiary/aromatic N) is 2. The van der Waals surface area contributed by atoms with Crippen molar-refractivity contribution in [1.29, 1.82) is 0 Å². The van der Waals surface area contributed by atoms with Crippen LogP contribution in [0.4, 0.5) is 0 Å². The van der Waals surface area contributed by atoms with Crippen LogP contribution in [0.25, 0.3) is 0 Å². The van der Waals surface area contributed by atoms with Crippen molar-refractivity contribution in [2.45, 2.75) is 44.8 Å². The number of ether oxygens (including phenoxy) is 1. The summed E-state index contributed by atoms with van der Waals surface area (Å²) in [6, 6.07) is 10.3. The molecule has 1 aromatic rings. The predicted molar refractivity (Wildman–Crippen MR) is 86.5 cm³/mol. The van der Waals surface area contributed by atoms with Crippen molar-refractivity contribution in [3.8, 4) is 0 Å². The third-order valence-electron chi connectivity index (χ3n) is 4.49. The van der Waals surface area contributed by atoms with Crippen LogP contribution in [-0.2, 0) is 10.3 Å². The van der Waals surface area contributed by atoms with Gasteiger partial charge in [0.2, 0.25) is 5.54 Å². The lowest BCUT2D eigenvalue weighted by Gasteiger charge is -2.42. The van der Waals surface area contributed by atoms with Gasteiger partial charge < -0.3 is 4.74 Å². The van der Waals surface area contributed by atoms with Gasteiger partial charge in [0.05, 0.1) is 12.1 Å². The van der Waals surface area contributed by atoms with E-state index < -0.39 is 5.54 Å². The van der Waals surface area contributed by atoms with Gasteiger partial charge in [0.15, 0.2) is 0 Å². The lowest BCUT2D eigenvalue weighted by molar-refractivity contribution is -0.561. The average molecular weight is 306 g/mol. The molecular formula is C17H26N2O3. The fourth-order valence-corrected chi connectivity index (χ4v) is 3.21. The van der Waals surface area contributed by atoms with Crippen LogP contribution >= 0.6 is 0 Å². The predicted octanol–water partition coefficient (Wildman–Crippen LogP) is 3.07. The average Bonchev–Trinajstić information content (AvgIpc) is 2.50. The molecule has 5 nitrogen and oxygen atoms in total. The molecule has 0 bridgehead atoms. The number of piperidine rings is 1. The van der Waals surface area contributed by atoms with E-state index in [1.807, 2.05) is 25.1 Å². The van der Waals surface area contributed by atoms with Crippen LogP contribution in [0.3, 0.4) is 0 Å². The Hall–Kier alpha value is -1.46. The topological polar surface area (TPSA) is 55.6 Å². The molecule has 0 aliphatic carbocycles. The second-order valence-corrected chi connectivity index (χ2v) is 6.64. The molecule has 1 heterocycles. The van der Waals surface area contributed by atoms with Gasteiger partial charge in [0.25, 0.3) is 0 Å². The van der Waals surface area contributed by atoms with Crippen LogP contribution < -0.4 is 0 Å². The SMILES string of the molecule is CCOC1(c2ccccc2)CCN(CC(C)(C)[N+](=O)[O-])CC1. The minimum atomic E-state index is -0.904. The van der Waals surface area contributed by atoms with E-state index in [1.165, 1.54) is 5.56 Å². The van der Waals surface area contributed by atoms with Crippen molar-refractivity contribution in [2.75, 3.05) is 26.2 Å². The Kier molecular flexibility index (Phi) is 5.19. The zero-order valence-corrected chi connectivity index (χ0v) is 13.7. The summed E-state index contributed by atoms with van der Waals surface area (Å²) in [5, 5.41) is 11.1. The van der Waals surface area contributed by atoms with Crippen LogP contribution in [-0.4, -0.2) is 41.6 Å². The molecule has 2 rings (SSSR count). The molecule has 1 saturated heterocycles. The minimum Gasteiger partial charge on any atom is -0.370 e. The van der Waals surface area contributed by atoms with E-state index in [4.69, 9.17) is 4.74 Å². The molecule has 0 atom stereocenters. The third kappa shape index (κ3) is 3.65. The van der Waals surface area contributed by atoms with Crippen molar-refractivity contribution in [3.05, 3.63) is 46.0 Å². The summed E-state index contributed by atoms with van der Waals surface area (Å²) in [7, 11) is 0. The first-order valence-electron chi connectivity index (χ1n) is 7.96. The zero-order chi connectivity index (χ0) is 16.2. The molecule has 0 unspecified atom stereocenters. The summed E-state index contributed by atoms with van der Waals surface area (Å²) in [5.41, 5.74) is 0.0638. The maximum atomic E-state index is 11.1. The molecule has 1 fully saturated rings. The molecular weight excluding hydrogens is 280 g/mol. The number of nitro groups is 1. The Morgan fingerprint density at radius 1 is 1.27 bits per heavy atom. The van der Waals surface area contributed by atoms with Gasteiger partial charge in [-0.2, -0.15) is 0 Å². The first-order chi connectivity index (χ1) is 10.4. The van der Waals surface area contributed by atoms with Crippen molar-refractivity contribution in [1.82, 2.24) is 4.90 Å². The summed E-state index contributed by atoms with van der Waals surface area (Å²) in [6.07, 6.45) is 1.75. The quantitative estimate of drug-likeness (QED) is 0.599. The van der Waals surface area contributed by atoms with Gasteiger partial charge in [-0.1, -0.05) is 30.3 Å². The summed E-state index contributed by atoms with van der Waals surface area (Å²) in [5.74, 6) is 0. The highest BCUT2D eigenvalue weighted by Gasteiger charge is 2.40. The molecule has 1 aliphatic rings. The summed E-state index contributed by atoms with van der Waals surface area (Å²) < 4.78 is 6.12. The highest BCUT2D eigenvalue weighted by Crippen LogP contribution is 2.37. The molecule has 0 radical (unpaired) electrons. The largest absolute Gasteiger partial charge is 0.370 e. The van der Waals surface area contributed by atoms with Crippen LogP contribution in [0.5, 0.6) is 0 Å².